The standard InChI is InChI=1S/C12H14ClFN2O/c1-8-7-15-5-6-16(8)12(17)11-9(13)3-2-4-10(11)14/h2-4,8,15H,5-7H2,1H3/t8-/m0/s1. The van der Waals surface area contributed by atoms with E-state index in [4.69, 9.17) is 11.6 Å². The first-order valence-electron chi connectivity index (χ1n) is 5.57. The average Bonchev–Trinajstić information content (AvgIpc) is 2.29. The van der Waals surface area contributed by atoms with E-state index in [2.05, 4.69) is 5.32 Å². The number of nitrogens with zero attached hydrogens (tertiary/aromatic N) is 1. The molecule has 0 bridgehead atoms. The van der Waals surface area contributed by atoms with Crippen LogP contribution in [0.25, 0.3) is 0 Å². The first-order chi connectivity index (χ1) is 8.11. The molecule has 1 aliphatic rings. The van der Waals surface area contributed by atoms with Gasteiger partial charge in [0.05, 0.1) is 10.6 Å². The Bertz CT molecular complexity index is 418. The minimum absolute atomic E-state index is 0.0251. The number of benzene rings is 1. The second kappa shape index (κ2) is 5.02. The third-order valence-corrected chi connectivity index (χ3v) is 3.25. The van der Waals surface area contributed by atoms with Crippen molar-refractivity contribution in [2.75, 3.05) is 19.6 Å². The predicted octanol–water partition coefficient (Wildman–Crippen LogP) is 1.91. The van der Waals surface area contributed by atoms with E-state index in [1.807, 2.05) is 6.92 Å². The van der Waals surface area contributed by atoms with Crippen LogP contribution in [0.1, 0.15) is 17.3 Å². The van der Waals surface area contributed by atoms with Crippen molar-refractivity contribution in [2.24, 2.45) is 0 Å². The van der Waals surface area contributed by atoms with Crippen LogP contribution in [0, 0.1) is 5.82 Å². The molecule has 1 heterocycles. The minimum Gasteiger partial charge on any atom is -0.333 e. The quantitative estimate of drug-likeness (QED) is 0.833. The molecule has 2 rings (SSSR count). The summed E-state index contributed by atoms with van der Waals surface area (Å²) in [6.45, 7) is 3.95. The van der Waals surface area contributed by atoms with E-state index < -0.39 is 5.82 Å². The third kappa shape index (κ3) is 2.42. The van der Waals surface area contributed by atoms with Crippen LogP contribution in [-0.4, -0.2) is 36.5 Å². The summed E-state index contributed by atoms with van der Waals surface area (Å²) in [5.41, 5.74) is -0.0251. The molecule has 1 aromatic carbocycles. The zero-order valence-electron chi connectivity index (χ0n) is 9.54. The number of halogens is 2. The summed E-state index contributed by atoms with van der Waals surface area (Å²) in [5, 5.41) is 3.35. The van der Waals surface area contributed by atoms with Crippen LogP contribution in [-0.2, 0) is 0 Å². The topological polar surface area (TPSA) is 32.3 Å². The SMILES string of the molecule is C[C@H]1CNCCN1C(=O)c1c(F)cccc1Cl. The molecule has 92 valence electrons. The average molecular weight is 257 g/mol. The molecular weight excluding hydrogens is 243 g/mol. The van der Waals surface area contributed by atoms with Gasteiger partial charge in [0, 0.05) is 25.7 Å². The van der Waals surface area contributed by atoms with Crippen LogP contribution in [0.5, 0.6) is 0 Å². The van der Waals surface area contributed by atoms with Crippen molar-refractivity contribution >= 4 is 17.5 Å². The van der Waals surface area contributed by atoms with Crippen molar-refractivity contribution in [3.05, 3.63) is 34.6 Å². The van der Waals surface area contributed by atoms with E-state index in [9.17, 15) is 9.18 Å². The van der Waals surface area contributed by atoms with Gasteiger partial charge in [-0.05, 0) is 19.1 Å². The number of amides is 1. The molecule has 17 heavy (non-hydrogen) atoms. The Morgan fingerprint density at radius 3 is 3.00 bits per heavy atom. The van der Waals surface area contributed by atoms with E-state index >= 15 is 0 Å². The molecule has 3 nitrogen and oxygen atoms in total. The van der Waals surface area contributed by atoms with E-state index in [-0.39, 0.29) is 22.5 Å². The highest BCUT2D eigenvalue weighted by molar-refractivity contribution is 6.33. The molecule has 5 heteroatoms. The molecule has 0 unspecified atom stereocenters. The summed E-state index contributed by atoms with van der Waals surface area (Å²) in [7, 11) is 0. The van der Waals surface area contributed by atoms with Crippen molar-refractivity contribution in [1.29, 1.82) is 0 Å². The summed E-state index contributed by atoms with van der Waals surface area (Å²) in [6, 6.07) is 4.33. The lowest BCUT2D eigenvalue weighted by molar-refractivity contribution is 0.0651. The normalized spacial score (nSPS) is 20.4. The summed E-state index contributed by atoms with van der Waals surface area (Å²) in [6.07, 6.45) is 0. The van der Waals surface area contributed by atoms with Gasteiger partial charge in [-0.2, -0.15) is 0 Å². The zero-order valence-corrected chi connectivity index (χ0v) is 10.3. The highest BCUT2D eigenvalue weighted by Crippen LogP contribution is 2.22. The Kier molecular flexibility index (Phi) is 3.64. The van der Waals surface area contributed by atoms with Gasteiger partial charge in [0.15, 0.2) is 0 Å². The molecule has 1 atom stereocenters. The van der Waals surface area contributed by atoms with E-state index in [1.54, 1.807) is 4.90 Å². The van der Waals surface area contributed by atoms with Crippen molar-refractivity contribution in [3.8, 4) is 0 Å². The number of hydrogen-bond donors (Lipinski definition) is 1. The van der Waals surface area contributed by atoms with Crippen LogP contribution in [0.15, 0.2) is 18.2 Å². The summed E-state index contributed by atoms with van der Waals surface area (Å²) in [5.74, 6) is -0.893. The van der Waals surface area contributed by atoms with Gasteiger partial charge in [0.25, 0.3) is 5.91 Å². The molecule has 0 radical (unpaired) electrons. The third-order valence-electron chi connectivity index (χ3n) is 2.94. The van der Waals surface area contributed by atoms with Gasteiger partial charge in [-0.3, -0.25) is 4.79 Å². The summed E-state index contributed by atoms with van der Waals surface area (Å²) < 4.78 is 13.6. The van der Waals surface area contributed by atoms with Gasteiger partial charge in [-0.15, -0.1) is 0 Å². The predicted molar refractivity (Wildman–Crippen MR) is 64.8 cm³/mol. The molecule has 1 N–H and O–H groups in total. The lowest BCUT2D eigenvalue weighted by Gasteiger charge is -2.34. The lowest BCUT2D eigenvalue weighted by atomic mass is 10.1. The Morgan fingerprint density at radius 1 is 1.59 bits per heavy atom. The fraction of sp³-hybridized carbons (Fsp3) is 0.417. The second-order valence-corrected chi connectivity index (χ2v) is 4.56. The number of carbonyl (C=O) groups is 1. The van der Waals surface area contributed by atoms with Gasteiger partial charge < -0.3 is 10.2 Å². The number of hydrogen-bond acceptors (Lipinski definition) is 2. The first-order valence-corrected chi connectivity index (χ1v) is 5.94. The van der Waals surface area contributed by atoms with Crippen LogP contribution >= 0.6 is 11.6 Å². The Labute approximate surface area is 105 Å². The number of rotatable bonds is 1. The fourth-order valence-electron chi connectivity index (χ4n) is 1.99. The summed E-state index contributed by atoms with van der Waals surface area (Å²) >= 11 is 5.89. The maximum Gasteiger partial charge on any atom is 0.258 e. The molecule has 1 saturated heterocycles. The highest BCUT2D eigenvalue weighted by atomic mass is 35.5. The van der Waals surface area contributed by atoms with Gasteiger partial charge in [-0.1, -0.05) is 17.7 Å². The maximum absolute atomic E-state index is 13.6. The molecule has 0 saturated carbocycles. The van der Waals surface area contributed by atoms with Crippen LogP contribution in [0.2, 0.25) is 5.02 Å². The smallest absolute Gasteiger partial charge is 0.258 e. The Hall–Kier alpha value is -1.13. The van der Waals surface area contributed by atoms with Crippen molar-refractivity contribution in [1.82, 2.24) is 10.2 Å². The molecule has 1 fully saturated rings. The second-order valence-electron chi connectivity index (χ2n) is 4.15. The van der Waals surface area contributed by atoms with Crippen molar-refractivity contribution in [3.63, 3.8) is 0 Å². The highest BCUT2D eigenvalue weighted by Gasteiger charge is 2.27. The molecule has 0 spiro atoms. The lowest BCUT2D eigenvalue weighted by Crippen LogP contribution is -2.52. The van der Waals surface area contributed by atoms with Gasteiger partial charge in [0.2, 0.25) is 0 Å². The Morgan fingerprint density at radius 2 is 2.35 bits per heavy atom. The molecule has 0 aromatic heterocycles. The van der Waals surface area contributed by atoms with Crippen LogP contribution in [0.4, 0.5) is 4.39 Å². The van der Waals surface area contributed by atoms with E-state index in [0.717, 1.165) is 13.1 Å². The Balaban J connectivity index is 2.30. The van der Waals surface area contributed by atoms with Gasteiger partial charge in [-0.25, -0.2) is 4.39 Å². The zero-order chi connectivity index (χ0) is 12.4. The van der Waals surface area contributed by atoms with E-state index in [0.29, 0.717) is 6.54 Å². The minimum atomic E-state index is -0.562. The molecule has 0 aliphatic carbocycles. The monoisotopic (exact) mass is 256 g/mol. The van der Waals surface area contributed by atoms with Crippen LogP contribution < -0.4 is 5.32 Å². The van der Waals surface area contributed by atoms with Gasteiger partial charge >= 0.3 is 0 Å². The van der Waals surface area contributed by atoms with Crippen LogP contribution in [0.3, 0.4) is 0 Å². The number of nitrogens with one attached hydrogen (secondary N) is 1. The maximum atomic E-state index is 13.6. The summed E-state index contributed by atoms with van der Waals surface area (Å²) in [4.78, 5) is 13.9. The first kappa shape index (κ1) is 12.3. The molecule has 1 aromatic rings. The van der Waals surface area contributed by atoms with Gasteiger partial charge in [0.1, 0.15) is 5.82 Å². The molecular formula is C12H14ClFN2O. The van der Waals surface area contributed by atoms with E-state index in [1.165, 1.54) is 18.2 Å². The largest absolute Gasteiger partial charge is 0.333 e. The van der Waals surface area contributed by atoms with Crippen molar-refractivity contribution < 1.29 is 9.18 Å². The van der Waals surface area contributed by atoms with Crippen molar-refractivity contribution in [2.45, 2.75) is 13.0 Å². The number of carbonyl (C=O) groups excluding carboxylic acids is 1. The number of piperazine rings is 1. The molecule has 1 amide bonds. The molecule has 1 aliphatic heterocycles. The fourth-order valence-corrected chi connectivity index (χ4v) is 2.23.